The summed E-state index contributed by atoms with van der Waals surface area (Å²) < 4.78 is 0. The maximum Gasteiger partial charge on any atom is 0.0923 e. The highest BCUT2D eigenvalue weighted by molar-refractivity contribution is 5.36. The Morgan fingerprint density at radius 1 is 1.04 bits per heavy atom. The number of fused-ring (bicyclic) bond motifs is 1. The summed E-state index contributed by atoms with van der Waals surface area (Å²) >= 11 is 0. The van der Waals surface area contributed by atoms with Crippen molar-refractivity contribution in [2.24, 2.45) is 0 Å². The summed E-state index contributed by atoms with van der Waals surface area (Å²) in [6.45, 7) is 4.33. The molecule has 0 amide bonds. The normalized spacial score (nSPS) is 20.7. The lowest BCUT2D eigenvalue weighted by Gasteiger charge is -2.40. The maximum absolute atomic E-state index is 11.1. The number of rotatable bonds is 4. The van der Waals surface area contributed by atoms with Gasteiger partial charge in [-0.15, -0.1) is 0 Å². The number of hydrogen-bond donors (Lipinski definition) is 2. The van der Waals surface area contributed by atoms with Crippen molar-refractivity contribution in [1.82, 2.24) is 4.90 Å². The third-order valence-corrected chi connectivity index (χ3v) is 6.27. The minimum absolute atomic E-state index is 0.453. The molecule has 1 fully saturated rings. The Hall–Kier alpha value is -1.68. The van der Waals surface area contributed by atoms with Crippen molar-refractivity contribution in [1.29, 1.82) is 0 Å². The molecular formula is C23H29NO2. The highest BCUT2D eigenvalue weighted by Gasteiger charge is 2.35. The van der Waals surface area contributed by atoms with Crippen LogP contribution in [-0.4, -0.2) is 34.7 Å². The molecule has 3 heteroatoms. The van der Waals surface area contributed by atoms with Crippen LogP contribution in [-0.2, 0) is 18.4 Å². The topological polar surface area (TPSA) is 43.7 Å². The van der Waals surface area contributed by atoms with E-state index in [1.54, 1.807) is 0 Å². The van der Waals surface area contributed by atoms with Gasteiger partial charge in [0, 0.05) is 19.6 Å². The van der Waals surface area contributed by atoms with Gasteiger partial charge in [-0.05, 0) is 66.8 Å². The van der Waals surface area contributed by atoms with Gasteiger partial charge in [0.1, 0.15) is 0 Å². The predicted molar refractivity (Wildman–Crippen MR) is 104 cm³/mol. The molecule has 2 N–H and O–H groups in total. The van der Waals surface area contributed by atoms with Crippen molar-refractivity contribution in [3.8, 4) is 0 Å². The molecule has 1 atom stereocenters. The zero-order chi connectivity index (χ0) is 18.1. The molecule has 0 saturated carbocycles. The molecular weight excluding hydrogens is 322 g/mol. The molecule has 0 bridgehead atoms. The minimum Gasteiger partial charge on any atom is -0.387 e. The lowest BCUT2D eigenvalue weighted by molar-refractivity contribution is -0.0348. The maximum atomic E-state index is 11.1. The Labute approximate surface area is 156 Å². The van der Waals surface area contributed by atoms with Crippen molar-refractivity contribution in [3.05, 3.63) is 70.3 Å². The van der Waals surface area contributed by atoms with Gasteiger partial charge in [-0.1, -0.05) is 42.5 Å². The van der Waals surface area contributed by atoms with Crippen LogP contribution in [0.3, 0.4) is 0 Å². The molecule has 1 aliphatic heterocycles. The fourth-order valence-electron chi connectivity index (χ4n) is 4.62. The number of aryl methyl sites for hydroxylation is 3. The Morgan fingerprint density at radius 2 is 1.77 bits per heavy atom. The average Bonchev–Trinajstić information content (AvgIpc) is 3.12. The van der Waals surface area contributed by atoms with Crippen molar-refractivity contribution in [3.63, 3.8) is 0 Å². The van der Waals surface area contributed by atoms with Crippen LogP contribution < -0.4 is 0 Å². The van der Waals surface area contributed by atoms with E-state index in [4.69, 9.17) is 0 Å². The zero-order valence-corrected chi connectivity index (χ0v) is 15.6. The number of β-amino-alcohol motifs (C(OH)–C–C–N with tert-alkyl or cyclic N) is 1. The molecule has 0 aromatic heterocycles. The fraction of sp³-hybridized carbons (Fsp3) is 0.478. The summed E-state index contributed by atoms with van der Waals surface area (Å²) in [5.74, 6) is 0. The van der Waals surface area contributed by atoms with Crippen molar-refractivity contribution in [2.45, 2.75) is 50.7 Å². The molecule has 0 radical (unpaired) electrons. The molecule has 0 unspecified atom stereocenters. The number of benzene rings is 2. The van der Waals surface area contributed by atoms with Gasteiger partial charge in [0.15, 0.2) is 0 Å². The van der Waals surface area contributed by atoms with Crippen molar-refractivity contribution >= 4 is 0 Å². The van der Waals surface area contributed by atoms with E-state index in [1.807, 2.05) is 18.2 Å². The molecule has 138 valence electrons. The highest BCUT2D eigenvalue weighted by atomic mass is 16.3. The lowest BCUT2D eigenvalue weighted by atomic mass is 9.82. The van der Waals surface area contributed by atoms with Crippen LogP contribution in [0.25, 0.3) is 0 Å². The molecule has 4 rings (SSSR count). The molecule has 2 aliphatic rings. The summed E-state index contributed by atoms with van der Waals surface area (Å²) in [7, 11) is 0. The van der Waals surface area contributed by atoms with E-state index in [0.29, 0.717) is 6.54 Å². The van der Waals surface area contributed by atoms with Gasteiger partial charge >= 0.3 is 0 Å². The first-order chi connectivity index (χ1) is 12.5. The third-order valence-electron chi connectivity index (χ3n) is 6.27. The average molecular weight is 351 g/mol. The van der Waals surface area contributed by atoms with Gasteiger partial charge in [0.25, 0.3) is 0 Å². The first-order valence-corrected chi connectivity index (χ1v) is 9.86. The first-order valence-electron chi connectivity index (χ1n) is 9.86. The van der Waals surface area contributed by atoms with E-state index in [0.717, 1.165) is 49.0 Å². The van der Waals surface area contributed by atoms with Crippen LogP contribution in [0.4, 0.5) is 0 Å². The number of nitrogens with zero attached hydrogens (tertiary/aromatic N) is 1. The van der Waals surface area contributed by atoms with Crippen LogP contribution in [0.5, 0.6) is 0 Å². The van der Waals surface area contributed by atoms with Crippen LogP contribution in [0.1, 0.15) is 53.2 Å². The van der Waals surface area contributed by atoms with E-state index < -0.39 is 11.7 Å². The number of aliphatic hydroxyl groups is 2. The molecule has 26 heavy (non-hydrogen) atoms. The second-order valence-corrected chi connectivity index (χ2v) is 8.04. The van der Waals surface area contributed by atoms with E-state index >= 15 is 0 Å². The lowest BCUT2D eigenvalue weighted by Crippen LogP contribution is -2.44. The summed E-state index contributed by atoms with van der Waals surface area (Å²) in [4.78, 5) is 2.28. The monoisotopic (exact) mass is 351 g/mol. The second-order valence-electron chi connectivity index (χ2n) is 8.04. The van der Waals surface area contributed by atoms with E-state index in [9.17, 15) is 10.2 Å². The van der Waals surface area contributed by atoms with Crippen molar-refractivity contribution in [2.75, 3.05) is 19.6 Å². The van der Waals surface area contributed by atoms with Gasteiger partial charge in [-0.25, -0.2) is 0 Å². The van der Waals surface area contributed by atoms with Crippen LogP contribution in [0.15, 0.2) is 42.5 Å². The third kappa shape index (κ3) is 3.44. The quantitative estimate of drug-likeness (QED) is 0.886. The Kier molecular flexibility index (Phi) is 4.87. The van der Waals surface area contributed by atoms with E-state index in [1.165, 1.54) is 24.0 Å². The molecule has 1 saturated heterocycles. The number of hydrogen-bond acceptors (Lipinski definition) is 3. The molecule has 3 nitrogen and oxygen atoms in total. The van der Waals surface area contributed by atoms with E-state index in [2.05, 4.69) is 36.1 Å². The highest BCUT2D eigenvalue weighted by Crippen LogP contribution is 2.35. The first kappa shape index (κ1) is 17.7. The smallest absolute Gasteiger partial charge is 0.0923 e. The standard InChI is InChI=1S/C23H29NO2/c1-17-5-2-3-8-21(17)23(26)11-13-24(14-12-23)16-22(25)20-10-9-18-6-4-7-19(18)15-20/h2-3,5,8-10,15,22,25-26H,4,6-7,11-14,16H2,1H3/t22-/m1/s1. The zero-order valence-electron chi connectivity index (χ0n) is 15.6. The Bertz CT molecular complexity index is 778. The van der Waals surface area contributed by atoms with Crippen LogP contribution in [0.2, 0.25) is 0 Å². The minimum atomic E-state index is -0.736. The van der Waals surface area contributed by atoms with Gasteiger partial charge < -0.3 is 15.1 Å². The summed E-state index contributed by atoms with van der Waals surface area (Å²) in [6.07, 6.45) is 4.53. The predicted octanol–water partition coefficient (Wildman–Crippen LogP) is 3.50. The van der Waals surface area contributed by atoms with Gasteiger partial charge in [-0.3, -0.25) is 0 Å². The van der Waals surface area contributed by atoms with Gasteiger partial charge in [-0.2, -0.15) is 0 Å². The molecule has 0 spiro atoms. The summed E-state index contributed by atoms with van der Waals surface area (Å²) in [5.41, 5.74) is 5.36. The van der Waals surface area contributed by atoms with Gasteiger partial charge in [0.05, 0.1) is 11.7 Å². The summed E-state index contributed by atoms with van der Waals surface area (Å²) in [5, 5.41) is 21.8. The molecule has 2 aromatic carbocycles. The number of aliphatic hydroxyl groups excluding tert-OH is 1. The SMILES string of the molecule is Cc1ccccc1C1(O)CCN(C[C@@H](O)c2ccc3c(c2)CCC3)CC1. The molecule has 2 aromatic rings. The second kappa shape index (κ2) is 7.15. The van der Waals surface area contributed by atoms with Gasteiger partial charge in [0.2, 0.25) is 0 Å². The van der Waals surface area contributed by atoms with Crippen LogP contribution in [0, 0.1) is 6.92 Å². The summed E-state index contributed by atoms with van der Waals surface area (Å²) in [6, 6.07) is 14.6. The Balaban J connectivity index is 1.38. The fourth-order valence-corrected chi connectivity index (χ4v) is 4.62. The van der Waals surface area contributed by atoms with Crippen LogP contribution >= 0.6 is 0 Å². The Morgan fingerprint density at radius 3 is 2.54 bits per heavy atom. The number of likely N-dealkylation sites (tertiary alicyclic amines) is 1. The van der Waals surface area contributed by atoms with Crippen molar-refractivity contribution < 1.29 is 10.2 Å². The molecule has 1 heterocycles. The molecule has 1 aliphatic carbocycles. The van der Waals surface area contributed by atoms with E-state index in [-0.39, 0.29) is 0 Å². The number of piperidine rings is 1. The largest absolute Gasteiger partial charge is 0.387 e.